The standard InChI is InChI=1S/C48H44N4O2.2BrH/c1-33-47-43(41-21-19-39(53-3)27-45(41)51(47)31-35-11-7-5-8-12-35)23-25-49(33)29-37-15-17-38(18-16-37)30-50-26-24-44-42-22-20-40(54-4)28-46(42)52(48(44)34(50)2)32-36-13-9-6-10-14-36;;/h5-28H,29-32H2,1-4H3;2*1H/q+2;;/p-2. The number of nitrogens with zero attached hydrogens (tertiary/aromatic N) is 4. The van der Waals surface area contributed by atoms with Crippen LogP contribution in [-0.4, -0.2) is 23.4 Å². The highest BCUT2D eigenvalue weighted by Gasteiger charge is 2.22. The van der Waals surface area contributed by atoms with Gasteiger partial charge in [0.15, 0.2) is 25.5 Å². The molecule has 0 saturated carbocycles. The lowest BCUT2D eigenvalue weighted by Crippen LogP contribution is -3.00. The maximum Gasteiger partial charge on any atom is 0.203 e. The van der Waals surface area contributed by atoms with Crippen LogP contribution in [0.4, 0.5) is 0 Å². The van der Waals surface area contributed by atoms with Crippen molar-refractivity contribution in [3.05, 3.63) is 179 Å². The van der Waals surface area contributed by atoms with Crippen molar-refractivity contribution < 1.29 is 52.6 Å². The van der Waals surface area contributed by atoms with Crippen molar-refractivity contribution in [3.8, 4) is 11.5 Å². The lowest BCUT2D eigenvalue weighted by Gasteiger charge is -2.10. The zero-order valence-electron chi connectivity index (χ0n) is 32.0. The minimum absolute atomic E-state index is 0. The lowest BCUT2D eigenvalue weighted by atomic mass is 10.1. The Kier molecular flexibility index (Phi) is 11.3. The Bertz CT molecular complexity index is 2620. The smallest absolute Gasteiger partial charge is 0.203 e. The van der Waals surface area contributed by atoms with Gasteiger partial charge in [0.05, 0.1) is 25.3 Å². The van der Waals surface area contributed by atoms with Crippen LogP contribution in [0.1, 0.15) is 33.6 Å². The van der Waals surface area contributed by atoms with E-state index in [1.165, 1.54) is 77.3 Å². The first-order valence-electron chi connectivity index (χ1n) is 18.6. The minimum Gasteiger partial charge on any atom is -1.00 e. The molecule has 0 aliphatic heterocycles. The van der Waals surface area contributed by atoms with Gasteiger partial charge < -0.3 is 52.6 Å². The molecule has 0 saturated heterocycles. The van der Waals surface area contributed by atoms with E-state index in [1.807, 2.05) is 0 Å². The summed E-state index contributed by atoms with van der Waals surface area (Å²) >= 11 is 0. The molecule has 5 aromatic carbocycles. The number of aromatic nitrogens is 4. The summed E-state index contributed by atoms with van der Waals surface area (Å²) in [4.78, 5) is 0. The molecule has 0 bridgehead atoms. The summed E-state index contributed by atoms with van der Waals surface area (Å²) in [5, 5.41) is 5.01. The molecule has 56 heavy (non-hydrogen) atoms. The number of fused-ring (bicyclic) bond motifs is 6. The van der Waals surface area contributed by atoms with Crippen LogP contribution in [0.25, 0.3) is 43.6 Å². The van der Waals surface area contributed by atoms with Crippen molar-refractivity contribution in [1.82, 2.24) is 9.13 Å². The Morgan fingerprint density at radius 2 is 0.839 bits per heavy atom. The minimum atomic E-state index is 0. The fraction of sp³-hybridized carbons (Fsp3) is 0.167. The summed E-state index contributed by atoms with van der Waals surface area (Å²) in [6.45, 7) is 7.65. The molecule has 9 rings (SSSR count). The molecule has 0 aliphatic carbocycles. The van der Waals surface area contributed by atoms with E-state index in [4.69, 9.17) is 9.47 Å². The molecular weight excluding hydrogens is 824 g/mol. The van der Waals surface area contributed by atoms with Crippen LogP contribution in [-0.2, 0) is 26.2 Å². The van der Waals surface area contributed by atoms with Gasteiger partial charge in [-0.1, -0.05) is 84.9 Å². The highest BCUT2D eigenvalue weighted by Crippen LogP contribution is 2.34. The van der Waals surface area contributed by atoms with E-state index in [0.29, 0.717) is 0 Å². The van der Waals surface area contributed by atoms with Crippen LogP contribution >= 0.6 is 0 Å². The average Bonchev–Trinajstić information content (AvgIpc) is 3.70. The Morgan fingerprint density at radius 1 is 0.446 bits per heavy atom. The van der Waals surface area contributed by atoms with Gasteiger partial charge in [0.2, 0.25) is 11.4 Å². The van der Waals surface area contributed by atoms with Gasteiger partial charge in [0.1, 0.15) is 22.5 Å². The van der Waals surface area contributed by atoms with Gasteiger partial charge in [0, 0.05) is 83.9 Å². The zero-order chi connectivity index (χ0) is 36.8. The Labute approximate surface area is 348 Å². The Hall–Kier alpha value is -5.44. The van der Waals surface area contributed by atoms with Gasteiger partial charge in [-0.05, 0) is 35.4 Å². The molecule has 0 radical (unpaired) electrons. The SMILES string of the molecule is COc1ccc2c3cc[n+](Cc4ccc(C[n+]5ccc6c7ccc(OC)cc7n(Cc7ccccc7)c6c5C)cc4)c(C)c3n(Cc3ccccc3)c2c1.[Br-].[Br-]. The van der Waals surface area contributed by atoms with E-state index in [-0.39, 0.29) is 34.0 Å². The van der Waals surface area contributed by atoms with E-state index >= 15 is 0 Å². The molecular formula is C48H44Br2N4O2. The molecule has 0 unspecified atom stereocenters. The van der Waals surface area contributed by atoms with E-state index in [1.54, 1.807) is 14.2 Å². The van der Waals surface area contributed by atoms with Crippen molar-refractivity contribution in [2.45, 2.75) is 40.0 Å². The molecule has 6 nitrogen and oxygen atoms in total. The van der Waals surface area contributed by atoms with Gasteiger partial charge >= 0.3 is 0 Å². The molecule has 282 valence electrons. The molecule has 4 heterocycles. The fourth-order valence-electron chi connectivity index (χ4n) is 8.25. The number of hydrogen-bond donors (Lipinski definition) is 0. The maximum atomic E-state index is 5.65. The van der Waals surface area contributed by atoms with Crippen LogP contribution in [0.15, 0.2) is 146 Å². The second-order valence-corrected chi connectivity index (χ2v) is 14.3. The predicted molar refractivity (Wildman–Crippen MR) is 218 cm³/mol. The third kappa shape index (κ3) is 7.08. The number of aryl methyl sites for hydroxylation is 2. The average molecular weight is 869 g/mol. The zero-order valence-corrected chi connectivity index (χ0v) is 35.2. The first kappa shape index (κ1) is 38.8. The number of rotatable bonds is 10. The summed E-state index contributed by atoms with van der Waals surface area (Å²) in [5.41, 5.74) is 12.5. The quantitative estimate of drug-likeness (QED) is 0.198. The second kappa shape index (κ2) is 16.3. The van der Waals surface area contributed by atoms with Crippen LogP contribution < -0.4 is 52.6 Å². The fourth-order valence-corrected chi connectivity index (χ4v) is 8.25. The first-order chi connectivity index (χ1) is 26.5. The van der Waals surface area contributed by atoms with Crippen LogP contribution in [0.3, 0.4) is 0 Å². The van der Waals surface area contributed by atoms with E-state index in [9.17, 15) is 0 Å². The normalized spacial score (nSPS) is 11.2. The monoisotopic (exact) mass is 866 g/mol. The number of benzene rings is 5. The highest BCUT2D eigenvalue weighted by atomic mass is 79.9. The van der Waals surface area contributed by atoms with Gasteiger partial charge in [-0.2, -0.15) is 9.13 Å². The van der Waals surface area contributed by atoms with Crippen molar-refractivity contribution >= 4 is 43.6 Å². The summed E-state index contributed by atoms with van der Waals surface area (Å²) in [7, 11) is 3.47. The van der Waals surface area contributed by atoms with Gasteiger partial charge in [-0.25, -0.2) is 0 Å². The second-order valence-electron chi connectivity index (χ2n) is 14.3. The Balaban J connectivity index is 0.00000240. The molecule has 9 aromatic rings. The van der Waals surface area contributed by atoms with Gasteiger partial charge in [-0.3, -0.25) is 0 Å². The molecule has 0 amide bonds. The number of ether oxygens (including phenoxy) is 2. The highest BCUT2D eigenvalue weighted by molar-refractivity contribution is 6.09. The lowest BCUT2D eigenvalue weighted by molar-refractivity contribution is -0.693. The predicted octanol–water partition coefficient (Wildman–Crippen LogP) is 3.31. The maximum absolute atomic E-state index is 5.65. The van der Waals surface area contributed by atoms with Crippen LogP contribution in [0.2, 0.25) is 0 Å². The Morgan fingerprint density at radius 3 is 1.21 bits per heavy atom. The molecule has 4 aromatic heterocycles. The van der Waals surface area contributed by atoms with Crippen LogP contribution in [0, 0.1) is 13.8 Å². The number of hydrogen-bond acceptors (Lipinski definition) is 2. The summed E-state index contributed by atoms with van der Waals surface area (Å²) in [5.74, 6) is 1.74. The summed E-state index contributed by atoms with van der Waals surface area (Å²) < 4.78 is 21.0. The molecule has 0 N–H and O–H groups in total. The number of halogens is 2. The largest absolute Gasteiger partial charge is 1.00 e. The molecule has 0 fully saturated rings. The third-order valence-corrected chi connectivity index (χ3v) is 11.1. The summed E-state index contributed by atoms with van der Waals surface area (Å²) in [6, 6.07) is 47.9. The molecule has 8 heteroatoms. The van der Waals surface area contributed by atoms with Crippen molar-refractivity contribution in [2.24, 2.45) is 0 Å². The van der Waals surface area contributed by atoms with Gasteiger partial charge in [-0.15, -0.1) is 0 Å². The van der Waals surface area contributed by atoms with Gasteiger partial charge in [0.25, 0.3) is 0 Å². The topological polar surface area (TPSA) is 36.1 Å². The van der Waals surface area contributed by atoms with E-state index in [2.05, 4.69) is 178 Å². The third-order valence-electron chi connectivity index (χ3n) is 11.1. The first-order valence-corrected chi connectivity index (χ1v) is 18.6. The number of methoxy groups -OCH3 is 2. The number of pyridine rings is 2. The molecule has 0 aliphatic rings. The summed E-state index contributed by atoms with van der Waals surface area (Å²) in [6.07, 6.45) is 4.47. The molecule has 0 spiro atoms. The van der Waals surface area contributed by atoms with Crippen molar-refractivity contribution in [3.63, 3.8) is 0 Å². The van der Waals surface area contributed by atoms with E-state index in [0.717, 1.165) is 37.7 Å². The molecule has 0 atom stereocenters. The van der Waals surface area contributed by atoms with Crippen LogP contribution in [0.5, 0.6) is 11.5 Å². The van der Waals surface area contributed by atoms with Crippen molar-refractivity contribution in [1.29, 1.82) is 0 Å². The van der Waals surface area contributed by atoms with Crippen molar-refractivity contribution in [2.75, 3.05) is 14.2 Å². The van der Waals surface area contributed by atoms with E-state index < -0.39 is 0 Å².